The van der Waals surface area contributed by atoms with E-state index in [4.69, 9.17) is 19.9 Å². The molecule has 2 atom stereocenters. The molecule has 0 radical (unpaired) electrons. The van der Waals surface area contributed by atoms with E-state index in [0.29, 0.717) is 6.54 Å². The molecule has 5 nitrogen and oxygen atoms in total. The molecule has 0 saturated carbocycles. The zero-order valence-electron chi connectivity index (χ0n) is 12.5. The molecule has 1 aromatic carbocycles. The summed E-state index contributed by atoms with van der Waals surface area (Å²) < 4.78 is 16.3. The van der Waals surface area contributed by atoms with E-state index in [9.17, 15) is 0 Å². The van der Waals surface area contributed by atoms with E-state index in [1.165, 1.54) is 0 Å². The van der Waals surface area contributed by atoms with E-state index in [1.807, 2.05) is 18.2 Å². The van der Waals surface area contributed by atoms with Crippen molar-refractivity contribution in [1.29, 1.82) is 0 Å². The fourth-order valence-electron chi connectivity index (χ4n) is 2.65. The lowest BCUT2D eigenvalue weighted by atomic mass is 10.0. The van der Waals surface area contributed by atoms with Crippen molar-refractivity contribution in [3.05, 3.63) is 23.8 Å². The Morgan fingerprint density at radius 3 is 2.45 bits per heavy atom. The maximum absolute atomic E-state index is 6.00. The van der Waals surface area contributed by atoms with Gasteiger partial charge in [-0.25, -0.2) is 0 Å². The minimum atomic E-state index is 0.158. The third kappa shape index (κ3) is 3.42. The highest BCUT2D eigenvalue weighted by Gasteiger charge is 2.25. The molecule has 2 rings (SSSR count). The number of methoxy groups -OCH3 is 2. The second kappa shape index (κ2) is 6.92. The molecule has 112 valence electrons. The Morgan fingerprint density at radius 2 is 1.95 bits per heavy atom. The molecule has 0 spiro atoms. The fourth-order valence-corrected chi connectivity index (χ4v) is 2.65. The van der Waals surface area contributed by atoms with Crippen molar-refractivity contribution < 1.29 is 14.2 Å². The summed E-state index contributed by atoms with van der Waals surface area (Å²) in [6, 6.07) is 6.09. The van der Waals surface area contributed by atoms with E-state index in [0.717, 1.165) is 36.8 Å². The zero-order valence-corrected chi connectivity index (χ0v) is 12.5. The summed E-state index contributed by atoms with van der Waals surface area (Å²) in [6.07, 6.45) is 0.241. The van der Waals surface area contributed by atoms with Crippen LogP contribution in [0.1, 0.15) is 18.5 Å². The van der Waals surface area contributed by atoms with Crippen molar-refractivity contribution in [2.45, 2.75) is 19.1 Å². The van der Waals surface area contributed by atoms with Crippen LogP contribution >= 0.6 is 0 Å². The Labute approximate surface area is 120 Å². The predicted molar refractivity (Wildman–Crippen MR) is 78.3 cm³/mol. The molecule has 0 aromatic heterocycles. The number of nitrogens with two attached hydrogens (primary N) is 1. The predicted octanol–water partition coefficient (Wildman–Crippen LogP) is 1.42. The number of ether oxygens (including phenoxy) is 3. The molecule has 1 fully saturated rings. The van der Waals surface area contributed by atoms with Crippen LogP contribution in [0, 0.1) is 0 Å². The van der Waals surface area contributed by atoms with Crippen LogP contribution in [0.2, 0.25) is 0 Å². The minimum Gasteiger partial charge on any atom is -0.497 e. The topological polar surface area (TPSA) is 57.0 Å². The summed E-state index contributed by atoms with van der Waals surface area (Å²) >= 11 is 0. The van der Waals surface area contributed by atoms with E-state index in [2.05, 4.69) is 11.8 Å². The summed E-state index contributed by atoms with van der Waals surface area (Å²) in [6.45, 7) is 5.18. The van der Waals surface area contributed by atoms with Crippen molar-refractivity contribution in [2.24, 2.45) is 5.73 Å². The first kappa shape index (κ1) is 15.1. The number of hydrogen-bond acceptors (Lipinski definition) is 5. The molecule has 20 heavy (non-hydrogen) atoms. The van der Waals surface area contributed by atoms with E-state index in [1.54, 1.807) is 14.2 Å². The lowest BCUT2D eigenvalue weighted by molar-refractivity contribution is -0.0333. The third-order valence-electron chi connectivity index (χ3n) is 3.70. The summed E-state index contributed by atoms with van der Waals surface area (Å²) in [5.41, 5.74) is 7.12. The van der Waals surface area contributed by atoms with Gasteiger partial charge in [-0.1, -0.05) is 0 Å². The van der Waals surface area contributed by atoms with Crippen LogP contribution < -0.4 is 15.2 Å². The molecular formula is C15H24N2O3. The molecule has 1 heterocycles. The van der Waals surface area contributed by atoms with Gasteiger partial charge in [0.25, 0.3) is 0 Å². The highest BCUT2D eigenvalue weighted by molar-refractivity contribution is 5.40. The molecule has 1 aliphatic rings. The Bertz CT molecular complexity index is 417. The van der Waals surface area contributed by atoms with Gasteiger partial charge in [0.05, 0.1) is 26.9 Å². The van der Waals surface area contributed by atoms with Crippen molar-refractivity contribution >= 4 is 0 Å². The van der Waals surface area contributed by atoms with Gasteiger partial charge >= 0.3 is 0 Å². The summed E-state index contributed by atoms with van der Waals surface area (Å²) in [5.74, 6) is 1.58. The molecule has 2 N–H and O–H groups in total. The summed E-state index contributed by atoms with van der Waals surface area (Å²) in [4.78, 5) is 2.36. The monoisotopic (exact) mass is 280 g/mol. The van der Waals surface area contributed by atoms with Crippen LogP contribution in [0.5, 0.6) is 11.5 Å². The second-order valence-corrected chi connectivity index (χ2v) is 5.07. The van der Waals surface area contributed by atoms with Crippen LogP contribution in [0.15, 0.2) is 18.2 Å². The first-order valence-corrected chi connectivity index (χ1v) is 6.96. The number of morpholine rings is 1. The van der Waals surface area contributed by atoms with Crippen LogP contribution in [-0.2, 0) is 4.74 Å². The highest BCUT2D eigenvalue weighted by Crippen LogP contribution is 2.29. The molecule has 0 bridgehead atoms. The number of hydrogen-bond donors (Lipinski definition) is 1. The minimum absolute atomic E-state index is 0.158. The SMILES string of the molecule is COc1cc(OC)cc(C(CN)N2CCOC(C)C2)c1. The Balaban J connectivity index is 2.25. The fraction of sp³-hybridized carbons (Fsp3) is 0.600. The van der Waals surface area contributed by atoms with Crippen LogP contribution in [0.4, 0.5) is 0 Å². The van der Waals surface area contributed by atoms with E-state index >= 15 is 0 Å². The Kier molecular flexibility index (Phi) is 5.23. The van der Waals surface area contributed by atoms with Gasteiger partial charge in [-0.2, -0.15) is 0 Å². The smallest absolute Gasteiger partial charge is 0.122 e. The largest absolute Gasteiger partial charge is 0.497 e. The molecule has 2 unspecified atom stereocenters. The van der Waals surface area contributed by atoms with Gasteiger partial charge in [-0.3, -0.25) is 4.90 Å². The molecule has 1 aromatic rings. The standard InChI is InChI=1S/C15H24N2O3/c1-11-10-17(4-5-20-11)15(9-16)12-6-13(18-2)8-14(7-12)19-3/h6-8,11,15H,4-5,9-10,16H2,1-3H3. The first-order valence-electron chi connectivity index (χ1n) is 6.96. The van der Waals surface area contributed by atoms with Crippen molar-refractivity contribution in [3.8, 4) is 11.5 Å². The maximum Gasteiger partial charge on any atom is 0.122 e. The van der Waals surface area contributed by atoms with Gasteiger partial charge in [-0.05, 0) is 24.6 Å². The number of benzene rings is 1. The Hall–Kier alpha value is -1.30. The summed E-state index contributed by atoms with van der Waals surface area (Å²) in [5, 5.41) is 0. The van der Waals surface area contributed by atoms with Crippen molar-refractivity contribution in [2.75, 3.05) is 40.5 Å². The average Bonchev–Trinajstić information content (AvgIpc) is 2.47. The molecule has 0 amide bonds. The van der Waals surface area contributed by atoms with Crippen LogP contribution in [0.25, 0.3) is 0 Å². The zero-order chi connectivity index (χ0) is 14.5. The number of nitrogens with zero attached hydrogens (tertiary/aromatic N) is 1. The first-order chi connectivity index (χ1) is 9.67. The maximum atomic E-state index is 6.00. The van der Waals surface area contributed by atoms with Crippen molar-refractivity contribution in [3.63, 3.8) is 0 Å². The normalized spacial score (nSPS) is 21.5. The lowest BCUT2D eigenvalue weighted by Gasteiger charge is -2.37. The van der Waals surface area contributed by atoms with Gasteiger partial charge in [-0.15, -0.1) is 0 Å². The Morgan fingerprint density at radius 1 is 1.30 bits per heavy atom. The van der Waals surface area contributed by atoms with Crippen LogP contribution in [-0.4, -0.2) is 51.5 Å². The molecule has 5 heteroatoms. The third-order valence-corrected chi connectivity index (χ3v) is 3.70. The quantitative estimate of drug-likeness (QED) is 0.884. The number of rotatable bonds is 5. The van der Waals surface area contributed by atoms with Gasteiger partial charge in [0.2, 0.25) is 0 Å². The van der Waals surface area contributed by atoms with Gasteiger partial charge in [0.1, 0.15) is 11.5 Å². The average molecular weight is 280 g/mol. The van der Waals surface area contributed by atoms with Crippen molar-refractivity contribution in [1.82, 2.24) is 4.90 Å². The second-order valence-electron chi connectivity index (χ2n) is 5.07. The van der Waals surface area contributed by atoms with E-state index < -0.39 is 0 Å². The lowest BCUT2D eigenvalue weighted by Crippen LogP contribution is -2.45. The van der Waals surface area contributed by atoms with Gasteiger partial charge < -0.3 is 19.9 Å². The summed E-state index contributed by atoms with van der Waals surface area (Å²) in [7, 11) is 3.32. The molecular weight excluding hydrogens is 256 g/mol. The van der Waals surface area contributed by atoms with Crippen LogP contribution in [0.3, 0.4) is 0 Å². The molecule has 0 aliphatic carbocycles. The molecule has 1 aliphatic heterocycles. The van der Waals surface area contributed by atoms with Gasteiger partial charge in [0, 0.05) is 31.7 Å². The van der Waals surface area contributed by atoms with Gasteiger partial charge in [0.15, 0.2) is 0 Å². The highest BCUT2D eigenvalue weighted by atomic mass is 16.5. The molecule has 1 saturated heterocycles. The van der Waals surface area contributed by atoms with E-state index in [-0.39, 0.29) is 12.1 Å².